The third-order valence-electron chi connectivity index (χ3n) is 4.08. The summed E-state index contributed by atoms with van der Waals surface area (Å²) in [5, 5.41) is 5.32. The maximum atomic E-state index is 12.4. The minimum absolute atomic E-state index is 0.152. The van der Waals surface area contributed by atoms with E-state index in [4.69, 9.17) is 11.6 Å². The molecule has 0 aromatic heterocycles. The zero-order valence-corrected chi connectivity index (χ0v) is 16.1. The van der Waals surface area contributed by atoms with Crippen LogP contribution in [0.2, 0.25) is 5.02 Å². The van der Waals surface area contributed by atoms with Crippen molar-refractivity contribution < 1.29 is 19.1 Å². The second-order valence-electron chi connectivity index (χ2n) is 5.75. The first-order valence-electron chi connectivity index (χ1n) is 8.52. The predicted octanol–water partition coefficient (Wildman–Crippen LogP) is 3.83. The van der Waals surface area contributed by atoms with Crippen LogP contribution in [0.3, 0.4) is 0 Å². The van der Waals surface area contributed by atoms with Crippen LogP contribution in [0.4, 0.5) is 11.4 Å². The molecule has 0 aliphatic carbocycles. The van der Waals surface area contributed by atoms with Gasteiger partial charge in [-0.15, -0.1) is 0 Å². The van der Waals surface area contributed by atoms with E-state index >= 15 is 0 Å². The van der Waals surface area contributed by atoms with Crippen molar-refractivity contribution in [3.63, 3.8) is 0 Å². The van der Waals surface area contributed by atoms with Crippen molar-refractivity contribution in [1.29, 1.82) is 0 Å². The molecule has 0 fully saturated rings. The van der Waals surface area contributed by atoms with Gasteiger partial charge in [-0.05, 0) is 42.2 Å². The number of hydrogen-bond donors (Lipinski definition) is 2. The number of carbonyl (C=O) groups excluding carboxylic acids is 3. The molecule has 27 heavy (non-hydrogen) atoms. The molecule has 6 nitrogen and oxygen atoms in total. The van der Waals surface area contributed by atoms with Crippen molar-refractivity contribution >= 4 is 40.8 Å². The summed E-state index contributed by atoms with van der Waals surface area (Å²) in [7, 11) is 1.25. The Morgan fingerprint density at radius 2 is 1.56 bits per heavy atom. The summed E-state index contributed by atoms with van der Waals surface area (Å²) >= 11 is 6.05. The summed E-state index contributed by atoms with van der Waals surface area (Å²) in [5.41, 5.74) is 2.90. The molecule has 0 atom stereocenters. The van der Waals surface area contributed by atoms with Crippen molar-refractivity contribution in [3.8, 4) is 0 Å². The van der Waals surface area contributed by atoms with Crippen molar-refractivity contribution in [2.24, 2.45) is 0 Å². The summed E-state index contributed by atoms with van der Waals surface area (Å²) in [6.45, 7) is 3.95. The normalized spacial score (nSPS) is 10.2. The Bertz CT molecular complexity index is 858. The number of para-hydroxylation sites is 1. The van der Waals surface area contributed by atoms with Crippen molar-refractivity contribution in [2.45, 2.75) is 26.7 Å². The molecular formula is C20H21ClN2O4. The fourth-order valence-corrected chi connectivity index (χ4v) is 2.78. The van der Waals surface area contributed by atoms with E-state index < -0.39 is 17.8 Å². The highest BCUT2D eigenvalue weighted by molar-refractivity contribution is 6.45. The monoisotopic (exact) mass is 388 g/mol. The Kier molecular flexibility index (Phi) is 6.96. The molecule has 2 N–H and O–H groups in total. The number of anilines is 2. The molecule has 0 saturated heterocycles. The smallest absolute Gasteiger partial charge is 0.337 e. The lowest BCUT2D eigenvalue weighted by Crippen LogP contribution is -2.30. The molecule has 2 rings (SSSR count). The number of benzene rings is 2. The number of nitrogens with one attached hydrogen (secondary N) is 2. The number of halogens is 1. The van der Waals surface area contributed by atoms with Gasteiger partial charge in [-0.25, -0.2) is 4.79 Å². The summed E-state index contributed by atoms with van der Waals surface area (Å²) < 4.78 is 4.64. The van der Waals surface area contributed by atoms with Crippen LogP contribution in [-0.4, -0.2) is 24.9 Å². The molecule has 0 heterocycles. The highest BCUT2D eigenvalue weighted by atomic mass is 35.5. The van der Waals surface area contributed by atoms with Gasteiger partial charge in [-0.3, -0.25) is 9.59 Å². The number of methoxy groups -OCH3 is 1. The molecule has 0 bridgehead atoms. The van der Waals surface area contributed by atoms with Gasteiger partial charge in [-0.1, -0.05) is 43.6 Å². The number of ether oxygens (including phenoxy) is 1. The van der Waals surface area contributed by atoms with Crippen LogP contribution in [-0.2, 0) is 27.2 Å². The van der Waals surface area contributed by atoms with Gasteiger partial charge >= 0.3 is 17.8 Å². The van der Waals surface area contributed by atoms with Gasteiger partial charge in [-0.2, -0.15) is 0 Å². The van der Waals surface area contributed by atoms with Gasteiger partial charge in [0.05, 0.1) is 23.4 Å². The SMILES string of the molecule is CCc1cccc(CC)c1NC(=O)C(=O)Nc1cc(C(=O)OC)ccc1Cl. The predicted molar refractivity (Wildman–Crippen MR) is 105 cm³/mol. The number of hydrogen-bond acceptors (Lipinski definition) is 4. The molecule has 0 unspecified atom stereocenters. The highest BCUT2D eigenvalue weighted by Gasteiger charge is 2.19. The second kappa shape index (κ2) is 9.19. The van der Waals surface area contributed by atoms with Crippen molar-refractivity contribution in [1.82, 2.24) is 0 Å². The average Bonchev–Trinajstić information content (AvgIpc) is 2.68. The van der Waals surface area contributed by atoms with E-state index in [9.17, 15) is 14.4 Å². The molecule has 0 aliphatic rings. The maximum Gasteiger partial charge on any atom is 0.337 e. The first kappa shape index (κ1) is 20.5. The van der Waals surface area contributed by atoms with Gasteiger partial charge in [0, 0.05) is 5.69 Å². The molecule has 2 aromatic carbocycles. The standard InChI is InChI=1S/C20H21ClN2O4/c1-4-12-7-6-8-13(5-2)17(12)23-19(25)18(24)22-16-11-14(20(26)27-3)9-10-15(16)21/h6-11H,4-5H2,1-3H3,(H,22,24)(H,23,25). The van der Waals surface area contributed by atoms with Crippen LogP contribution in [0.1, 0.15) is 35.3 Å². The number of aryl methyl sites for hydroxylation is 2. The Morgan fingerprint density at radius 3 is 2.11 bits per heavy atom. The molecule has 0 radical (unpaired) electrons. The van der Waals surface area contributed by atoms with Crippen LogP contribution in [0.5, 0.6) is 0 Å². The zero-order chi connectivity index (χ0) is 20.0. The van der Waals surface area contributed by atoms with E-state index in [2.05, 4.69) is 15.4 Å². The largest absolute Gasteiger partial charge is 0.465 e. The fourth-order valence-electron chi connectivity index (χ4n) is 2.62. The van der Waals surface area contributed by atoms with Gasteiger partial charge in [0.2, 0.25) is 0 Å². The topological polar surface area (TPSA) is 84.5 Å². The van der Waals surface area contributed by atoms with E-state index in [1.165, 1.54) is 25.3 Å². The summed E-state index contributed by atoms with van der Waals surface area (Å²) in [4.78, 5) is 36.3. The van der Waals surface area contributed by atoms with E-state index in [0.29, 0.717) is 5.69 Å². The van der Waals surface area contributed by atoms with E-state index in [1.54, 1.807) is 0 Å². The highest BCUT2D eigenvalue weighted by Crippen LogP contribution is 2.25. The lowest BCUT2D eigenvalue weighted by molar-refractivity contribution is -0.133. The summed E-state index contributed by atoms with van der Waals surface area (Å²) in [6.07, 6.45) is 1.44. The fraction of sp³-hybridized carbons (Fsp3) is 0.250. The first-order valence-corrected chi connectivity index (χ1v) is 8.90. The van der Waals surface area contributed by atoms with E-state index in [1.807, 2.05) is 32.0 Å². The Morgan fingerprint density at radius 1 is 0.963 bits per heavy atom. The van der Waals surface area contributed by atoms with Gasteiger partial charge in [0.15, 0.2) is 0 Å². The minimum Gasteiger partial charge on any atom is -0.465 e. The number of esters is 1. The van der Waals surface area contributed by atoms with Crippen LogP contribution >= 0.6 is 11.6 Å². The quantitative estimate of drug-likeness (QED) is 0.602. The zero-order valence-electron chi connectivity index (χ0n) is 15.4. The number of amides is 2. The van der Waals surface area contributed by atoms with Gasteiger partial charge in [0.25, 0.3) is 0 Å². The van der Waals surface area contributed by atoms with Crippen LogP contribution in [0.15, 0.2) is 36.4 Å². The Hall–Kier alpha value is -2.86. The van der Waals surface area contributed by atoms with Crippen LogP contribution in [0.25, 0.3) is 0 Å². The van der Waals surface area contributed by atoms with Crippen molar-refractivity contribution in [3.05, 3.63) is 58.1 Å². The molecule has 142 valence electrons. The lowest BCUT2D eigenvalue weighted by Gasteiger charge is -2.14. The van der Waals surface area contributed by atoms with Crippen molar-refractivity contribution in [2.75, 3.05) is 17.7 Å². The summed E-state index contributed by atoms with van der Waals surface area (Å²) in [6, 6.07) is 10.0. The molecule has 0 spiro atoms. The van der Waals surface area contributed by atoms with Gasteiger partial charge in [0.1, 0.15) is 0 Å². The molecular weight excluding hydrogens is 368 g/mol. The lowest BCUT2D eigenvalue weighted by atomic mass is 10.0. The molecule has 0 aliphatic heterocycles. The third kappa shape index (κ3) is 4.86. The Balaban J connectivity index is 2.20. The molecule has 0 saturated carbocycles. The minimum atomic E-state index is -0.883. The summed E-state index contributed by atoms with van der Waals surface area (Å²) in [5.74, 6) is -2.27. The molecule has 7 heteroatoms. The number of rotatable bonds is 5. The maximum absolute atomic E-state index is 12.4. The third-order valence-corrected chi connectivity index (χ3v) is 4.41. The van der Waals surface area contributed by atoms with Crippen LogP contribution < -0.4 is 10.6 Å². The average molecular weight is 389 g/mol. The molecule has 2 aromatic rings. The van der Waals surface area contributed by atoms with E-state index in [0.717, 1.165) is 24.0 Å². The Labute approximate surface area is 162 Å². The first-order chi connectivity index (χ1) is 12.9. The molecule has 2 amide bonds. The number of carbonyl (C=O) groups is 3. The second-order valence-corrected chi connectivity index (χ2v) is 6.16. The van der Waals surface area contributed by atoms with Crippen LogP contribution in [0, 0.1) is 0 Å². The van der Waals surface area contributed by atoms with Gasteiger partial charge < -0.3 is 15.4 Å². The van der Waals surface area contributed by atoms with E-state index in [-0.39, 0.29) is 16.3 Å².